The van der Waals surface area contributed by atoms with Crippen LogP contribution in [0.15, 0.2) is 75.6 Å². The lowest BCUT2D eigenvalue weighted by molar-refractivity contribution is 0.618. The van der Waals surface area contributed by atoms with Gasteiger partial charge in [-0.1, -0.05) is 58.4 Å². The van der Waals surface area contributed by atoms with Gasteiger partial charge < -0.3 is 4.42 Å². The van der Waals surface area contributed by atoms with Gasteiger partial charge in [0.25, 0.3) is 0 Å². The van der Waals surface area contributed by atoms with Crippen LogP contribution in [-0.4, -0.2) is 4.98 Å². The molecule has 0 unspecified atom stereocenters. The summed E-state index contributed by atoms with van der Waals surface area (Å²) in [6, 6.07) is 22.6. The number of aromatic nitrogens is 1. The molecule has 1 aromatic heterocycles. The average molecular weight is 443 g/mol. The summed E-state index contributed by atoms with van der Waals surface area (Å²) in [5.74, 6) is 0.636. The predicted octanol–water partition coefficient (Wildman–Crippen LogP) is 6.82. The van der Waals surface area contributed by atoms with E-state index in [1.807, 2.05) is 30.3 Å². The number of hydrogen-bond acceptors (Lipinski definition) is 2. The van der Waals surface area contributed by atoms with E-state index in [2.05, 4.69) is 73.2 Å². The van der Waals surface area contributed by atoms with Crippen molar-refractivity contribution in [3.8, 4) is 22.6 Å². The summed E-state index contributed by atoms with van der Waals surface area (Å²) in [5, 5.41) is 0.840. The summed E-state index contributed by atoms with van der Waals surface area (Å²) in [5.41, 5.74) is 6.10. The first-order chi connectivity index (χ1) is 11.7. The summed E-state index contributed by atoms with van der Waals surface area (Å²) in [7, 11) is 0. The van der Waals surface area contributed by atoms with Crippen molar-refractivity contribution in [2.75, 3.05) is 0 Å². The Morgan fingerprint density at radius 1 is 0.833 bits per heavy atom. The molecular formula is C20H13Br2NO. The Bertz CT molecular complexity index is 992. The molecule has 0 saturated heterocycles. The molecule has 0 fully saturated rings. The largest absolute Gasteiger partial charge is 0.435 e. The van der Waals surface area contributed by atoms with Crippen molar-refractivity contribution < 1.29 is 4.42 Å². The number of alkyl halides is 1. The van der Waals surface area contributed by atoms with Gasteiger partial charge in [0.1, 0.15) is 5.52 Å². The van der Waals surface area contributed by atoms with E-state index in [4.69, 9.17) is 4.42 Å². The van der Waals surface area contributed by atoms with Gasteiger partial charge in [0, 0.05) is 10.9 Å². The Morgan fingerprint density at radius 3 is 2.29 bits per heavy atom. The third-order valence-electron chi connectivity index (χ3n) is 3.91. The second kappa shape index (κ2) is 6.54. The molecule has 0 aliphatic heterocycles. The predicted molar refractivity (Wildman–Crippen MR) is 105 cm³/mol. The van der Waals surface area contributed by atoms with Crippen molar-refractivity contribution in [2.45, 2.75) is 5.33 Å². The second-order valence-electron chi connectivity index (χ2n) is 5.52. The van der Waals surface area contributed by atoms with Crippen LogP contribution in [0.2, 0.25) is 0 Å². The zero-order valence-electron chi connectivity index (χ0n) is 12.7. The summed E-state index contributed by atoms with van der Waals surface area (Å²) in [6.07, 6.45) is 0. The summed E-state index contributed by atoms with van der Waals surface area (Å²) < 4.78 is 6.89. The van der Waals surface area contributed by atoms with Gasteiger partial charge in [0.2, 0.25) is 5.89 Å². The van der Waals surface area contributed by atoms with E-state index in [-0.39, 0.29) is 0 Å². The van der Waals surface area contributed by atoms with Crippen molar-refractivity contribution in [2.24, 2.45) is 0 Å². The first kappa shape index (κ1) is 15.6. The smallest absolute Gasteiger partial charge is 0.227 e. The number of benzene rings is 3. The quantitative estimate of drug-likeness (QED) is 0.325. The van der Waals surface area contributed by atoms with Crippen molar-refractivity contribution in [1.29, 1.82) is 0 Å². The number of oxazole rings is 1. The molecule has 0 N–H and O–H groups in total. The summed E-state index contributed by atoms with van der Waals surface area (Å²) in [6.45, 7) is 0. The molecular weight excluding hydrogens is 430 g/mol. The molecule has 2 nitrogen and oxygen atoms in total. The highest BCUT2D eigenvalue weighted by Crippen LogP contribution is 2.34. The Hall–Kier alpha value is -1.91. The van der Waals surface area contributed by atoms with Gasteiger partial charge in [-0.2, -0.15) is 0 Å². The summed E-state index contributed by atoms with van der Waals surface area (Å²) >= 11 is 7.07. The molecule has 0 saturated carbocycles. The SMILES string of the molecule is BrCc1ccc(-c2nc3cc(-c4ccccc4)cc(Br)c3o2)cc1. The van der Waals surface area contributed by atoms with Gasteiger partial charge in [0.15, 0.2) is 5.58 Å². The van der Waals surface area contributed by atoms with Crippen molar-refractivity contribution in [3.05, 3.63) is 76.8 Å². The van der Waals surface area contributed by atoms with Gasteiger partial charge >= 0.3 is 0 Å². The van der Waals surface area contributed by atoms with Crippen LogP contribution in [0.1, 0.15) is 5.56 Å². The van der Waals surface area contributed by atoms with Crippen molar-refractivity contribution >= 4 is 43.0 Å². The Kier molecular flexibility index (Phi) is 4.25. The van der Waals surface area contributed by atoms with Crippen LogP contribution in [0.3, 0.4) is 0 Å². The molecule has 0 bridgehead atoms. The maximum atomic E-state index is 5.98. The third kappa shape index (κ3) is 2.92. The van der Waals surface area contributed by atoms with E-state index < -0.39 is 0 Å². The first-order valence-corrected chi connectivity index (χ1v) is 9.47. The van der Waals surface area contributed by atoms with Crippen LogP contribution in [-0.2, 0) is 5.33 Å². The van der Waals surface area contributed by atoms with E-state index in [1.54, 1.807) is 0 Å². The number of rotatable bonds is 3. The third-order valence-corrected chi connectivity index (χ3v) is 5.14. The number of fused-ring (bicyclic) bond motifs is 1. The highest BCUT2D eigenvalue weighted by molar-refractivity contribution is 9.10. The van der Waals surface area contributed by atoms with Crippen LogP contribution < -0.4 is 0 Å². The Morgan fingerprint density at radius 2 is 1.58 bits per heavy atom. The zero-order valence-corrected chi connectivity index (χ0v) is 15.8. The molecule has 0 spiro atoms. The number of halogens is 2. The molecule has 3 aromatic carbocycles. The fourth-order valence-corrected chi connectivity index (χ4v) is 3.55. The molecule has 0 aliphatic carbocycles. The molecule has 1 heterocycles. The Labute approximate surface area is 156 Å². The van der Waals surface area contributed by atoms with Gasteiger partial charge in [-0.3, -0.25) is 0 Å². The molecule has 0 atom stereocenters. The molecule has 0 amide bonds. The maximum Gasteiger partial charge on any atom is 0.227 e. The molecule has 0 radical (unpaired) electrons. The minimum Gasteiger partial charge on any atom is -0.435 e. The minimum absolute atomic E-state index is 0.636. The van der Waals surface area contributed by atoms with Crippen molar-refractivity contribution in [3.63, 3.8) is 0 Å². The van der Waals surface area contributed by atoms with Gasteiger partial charge in [-0.15, -0.1) is 0 Å². The maximum absolute atomic E-state index is 5.98. The number of nitrogens with zero attached hydrogens (tertiary/aromatic N) is 1. The van der Waals surface area contributed by atoms with Gasteiger partial charge in [-0.25, -0.2) is 4.98 Å². The molecule has 4 aromatic rings. The second-order valence-corrected chi connectivity index (χ2v) is 6.94. The van der Waals surface area contributed by atoms with Gasteiger partial charge in [0.05, 0.1) is 4.47 Å². The molecule has 0 aliphatic rings. The lowest BCUT2D eigenvalue weighted by Crippen LogP contribution is -1.80. The lowest BCUT2D eigenvalue weighted by atomic mass is 10.1. The molecule has 4 rings (SSSR count). The molecule has 4 heteroatoms. The fraction of sp³-hybridized carbons (Fsp3) is 0.0500. The van der Waals surface area contributed by atoms with Crippen LogP contribution in [0.5, 0.6) is 0 Å². The van der Waals surface area contributed by atoms with Crippen molar-refractivity contribution in [1.82, 2.24) is 4.98 Å². The monoisotopic (exact) mass is 441 g/mol. The first-order valence-electron chi connectivity index (χ1n) is 7.55. The number of hydrogen-bond donors (Lipinski definition) is 0. The van der Waals surface area contributed by atoms with Crippen LogP contribution >= 0.6 is 31.9 Å². The van der Waals surface area contributed by atoms with E-state index in [0.717, 1.165) is 37.6 Å². The standard InChI is InChI=1S/C20H13Br2NO/c21-12-13-6-8-15(9-7-13)20-23-18-11-16(10-17(22)19(18)24-20)14-4-2-1-3-5-14/h1-11H,12H2. The highest BCUT2D eigenvalue weighted by atomic mass is 79.9. The summed E-state index contributed by atoms with van der Waals surface area (Å²) in [4.78, 5) is 4.68. The Balaban J connectivity index is 1.81. The normalized spacial score (nSPS) is 11.1. The van der Waals surface area contributed by atoms with E-state index in [0.29, 0.717) is 5.89 Å². The minimum atomic E-state index is 0.636. The van der Waals surface area contributed by atoms with E-state index in [9.17, 15) is 0 Å². The van der Waals surface area contributed by atoms with Gasteiger partial charge in [-0.05, 0) is 56.9 Å². The van der Waals surface area contributed by atoms with Crippen LogP contribution in [0.4, 0.5) is 0 Å². The zero-order chi connectivity index (χ0) is 16.5. The molecule has 118 valence electrons. The lowest BCUT2D eigenvalue weighted by Gasteiger charge is -2.02. The fourth-order valence-electron chi connectivity index (χ4n) is 2.65. The molecule has 24 heavy (non-hydrogen) atoms. The van der Waals surface area contributed by atoms with E-state index >= 15 is 0 Å². The topological polar surface area (TPSA) is 26.0 Å². The van der Waals surface area contributed by atoms with E-state index in [1.165, 1.54) is 5.56 Å². The van der Waals surface area contributed by atoms with Crippen LogP contribution in [0, 0.1) is 0 Å². The average Bonchev–Trinajstić information content (AvgIpc) is 3.07. The van der Waals surface area contributed by atoms with Crippen LogP contribution in [0.25, 0.3) is 33.7 Å². The highest BCUT2D eigenvalue weighted by Gasteiger charge is 2.13.